The van der Waals surface area contributed by atoms with Crippen molar-refractivity contribution in [3.8, 4) is 6.07 Å². The van der Waals surface area contributed by atoms with Gasteiger partial charge in [0.2, 0.25) is 5.60 Å². The second kappa shape index (κ2) is 4.61. The van der Waals surface area contributed by atoms with Crippen molar-refractivity contribution >= 4 is 5.97 Å². The molecule has 15 heavy (non-hydrogen) atoms. The van der Waals surface area contributed by atoms with Crippen LogP contribution in [0.15, 0.2) is 30.3 Å². The van der Waals surface area contributed by atoms with Crippen molar-refractivity contribution in [2.75, 3.05) is 0 Å². The highest BCUT2D eigenvalue weighted by molar-refractivity contribution is 5.67. The Morgan fingerprint density at radius 3 is 2.47 bits per heavy atom. The first-order valence-corrected chi connectivity index (χ1v) is 4.81. The minimum atomic E-state index is -1.15. The topological polar surface area (TPSA) is 50.1 Å². The van der Waals surface area contributed by atoms with Crippen LogP contribution in [0.2, 0.25) is 0 Å². The first kappa shape index (κ1) is 11.3. The normalized spacial score (nSPS) is 13.7. The van der Waals surface area contributed by atoms with Gasteiger partial charge >= 0.3 is 5.97 Å². The van der Waals surface area contributed by atoms with Crippen LogP contribution in [-0.4, -0.2) is 5.97 Å². The lowest BCUT2D eigenvalue weighted by Crippen LogP contribution is -2.29. The standard InChI is InChI=1S/C12H13NO2/c1-3-12(9-13,15-10(2)14)11-7-5-4-6-8-11/h4-8H,3H2,1-2H3/t12-/m0/s1. The highest BCUT2D eigenvalue weighted by atomic mass is 16.6. The Labute approximate surface area is 89.3 Å². The molecule has 1 atom stereocenters. The molecule has 0 bridgehead atoms. The van der Waals surface area contributed by atoms with E-state index in [1.54, 1.807) is 12.1 Å². The first-order valence-electron chi connectivity index (χ1n) is 4.81. The van der Waals surface area contributed by atoms with Crippen molar-refractivity contribution < 1.29 is 9.53 Å². The van der Waals surface area contributed by atoms with Gasteiger partial charge < -0.3 is 4.74 Å². The lowest BCUT2D eigenvalue weighted by Gasteiger charge is -2.24. The Kier molecular flexibility index (Phi) is 3.46. The van der Waals surface area contributed by atoms with E-state index in [9.17, 15) is 4.79 Å². The predicted molar refractivity (Wildman–Crippen MR) is 55.8 cm³/mol. The smallest absolute Gasteiger partial charge is 0.304 e. The number of hydrogen-bond acceptors (Lipinski definition) is 3. The van der Waals surface area contributed by atoms with E-state index in [2.05, 4.69) is 6.07 Å². The molecular weight excluding hydrogens is 190 g/mol. The monoisotopic (exact) mass is 203 g/mol. The SMILES string of the molecule is CC[C@@](C#N)(OC(C)=O)c1ccccc1. The summed E-state index contributed by atoms with van der Waals surface area (Å²) in [6.45, 7) is 3.13. The van der Waals surface area contributed by atoms with Gasteiger partial charge in [-0.25, -0.2) is 0 Å². The van der Waals surface area contributed by atoms with Crippen LogP contribution in [0.3, 0.4) is 0 Å². The van der Waals surface area contributed by atoms with Crippen LogP contribution >= 0.6 is 0 Å². The first-order chi connectivity index (χ1) is 7.14. The number of nitrogens with zero attached hydrogens (tertiary/aromatic N) is 1. The van der Waals surface area contributed by atoms with Gasteiger partial charge in [-0.15, -0.1) is 0 Å². The van der Waals surface area contributed by atoms with Gasteiger partial charge in [0.15, 0.2) is 0 Å². The summed E-state index contributed by atoms with van der Waals surface area (Å²) in [7, 11) is 0. The molecule has 1 aromatic carbocycles. The largest absolute Gasteiger partial charge is 0.439 e. The summed E-state index contributed by atoms with van der Waals surface area (Å²) in [5, 5.41) is 9.15. The molecule has 0 saturated heterocycles. The molecule has 78 valence electrons. The average Bonchev–Trinajstić information content (AvgIpc) is 2.27. The molecule has 3 nitrogen and oxygen atoms in total. The molecule has 0 aromatic heterocycles. The molecule has 0 heterocycles. The van der Waals surface area contributed by atoms with Crippen molar-refractivity contribution in [3.05, 3.63) is 35.9 Å². The fourth-order valence-electron chi connectivity index (χ4n) is 1.45. The van der Waals surface area contributed by atoms with Crippen LogP contribution in [0.5, 0.6) is 0 Å². The molecular formula is C12H13NO2. The van der Waals surface area contributed by atoms with Gasteiger partial charge in [0, 0.05) is 18.9 Å². The van der Waals surface area contributed by atoms with Gasteiger partial charge in [-0.3, -0.25) is 4.79 Å². The maximum atomic E-state index is 11.0. The van der Waals surface area contributed by atoms with Gasteiger partial charge in [-0.2, -0.15) is 5.26 Å². The Morgan fingerprint density at radius 2 is 2.07 bits per heavy atom. The Balaban J connectivity index is 3.13. The Bertz CT molecular complexity index is 380. The van der Waals surface area contributed by atoms with Crippen molar-refractivity contribution in [1.82, 2.24) is 0 Å². The zero-order chi connectivity index (χ0) is 11.3. The summed E-state index contributed by atoms with van der Waals surface area (Å²) in [5.41, 5.74) is -0.433. The third-order valence-electron chi connectivity index (χ3n) is 2.24. The van der Waals surface area contributed by atoms with Crippen LogP contribution < -0.4 is 0 Å². The molecule has 0 aliphatic heterocycles. The lowest BCUT2D eigenvalue weighted by atomic mass is 9.92. The van der Waals surface area contributed by atoms with Gasteiger partial charge in [0.25, 0.3) is 0 Å². The molecule has 0 unspecified atom stereocenters. The van der Waals surface area contributed by atoms with Gasteiger partial charge in [0.05, 0.1) is 0 Å². The number of esters is 1. The van der Waals surface area contributed by atoms with Crippen LogP contribution in [0, 0.1) is 11.3 Å². The van der Waals surface area contributed by atoms with Gasteiger partial charge in [0.1, 0.15) is 6.07 Å². The molecule has 0 aliphatic rings. The zero-order valence-corrected chi connectivity index (χ0v) is 8.86. The van der Waals surface area contributed by atoms with Crippen LogP contribution in [0.25, 0.3) is 0 Å². The van der Waals surface area contributed by atoms with E-state index >= 15 is 0 Å². The minimum absolute atomic E-state index is 0.438. The van der Waals surface area contributed by atoms with E-state index in [1.165, 1.54) is 6.92 Å². The van der Waals surface area contributed by atoms with Crippen LogP contribution in [0.1, 0.15) is 25.8 Å². The maximum Gasteiger partial charge on any atom is 0.304 e. The van der Waals surface area contributed by atoms with Gasteiger partial charge in [-0.1, -0.05) is 37.3 Å². The molecule has 0 aliphatic carbocycles. The fourth-order valence-corrected chi connectivity index (χ4v) is 1.45. The number of ether oxygens (including phenoxy) is 1. The van der Waals surface area contributed by atoms with E-state index < -0.39 is 11.6 Å². The second-order valence-electron chi connectivity index (χ2n) is 3.25. The number of carbonyl (C=O) groups is 1. The number of benzene rings is 1. The fraction of sp³-hybridized carbons (Fsp3) is 0.333. The number of hydrogen-bond donors (Lipinski definition) is 0. The third kappa shape index (κ3) is 2.35. The summed E-state index contributed by atoms with van der Waals surface area (Å²) in [6, 6.07) is 11.1. The molecule has 1 aromatic rings. The lowest BCUT2D eigenvalue weighted by molar-refractivity contribution is -0.152. The minimum Gasteiger partial charge on any atom is -0.439 e. The Morgan fingerprint density at radius 1 is 1.47 bits per heavy atom. The van der Waals surface area contributed by atoms with E-state index in [1.807, 2.05) is 25.1 Å². The summed E-state index contributed by atoms with van der Waals surface area (Å²) < 4.78 is 5.12. The number of nitriles is 1. The predicted octanol–water partition coefficient (Wildman–Crippen LogP) is 2.38. The molecule has 1 rings (SSSR count). The zero-order valence-electron chi connectivity index (χ0n) is 8.86. The van der Waals surface area contributed by atoms with Crippen LogP contribution in [0.4, 0.5) is 0 Å². The van der Waals surface area contributed by atoms with Crippen molar-refractivity contribution in [3.63, 3.8) is 0 Å². The van der Waals surface area contributed by atoms with Crippen LogP contribution in [-0.2, 0) is 15.1 Å². The summed E-state index contributed by atoms with van der Waals surface area (Å²) in [5.74, 6) is -0.442. The summed E-state index contributed by atoms with van der Waals surface area (Å²) >= 11 is 0. The number of carbonyl (C=O) groups excluding carboxylic acids is 1. The maximum absolute atomic E-state index is 11.0. The van der Waals surface area contributed by atoms with E-state index in [4.69, 9.17) is 10.00 Å². The average molecular weight is 203 g/mol. The van der Waals surface area contributed by atoms with Crippen molar-refractivity contribution in [1.29, 1.82) is 5.26 Å². The van der Waals surface area contributed by atoms with Crippen molar-refractivity contribution in [2.24, 2.45) is 0 Å². The number of rotatable bonds is 3. The van der Waals surface area contributed by atoms with E-state index in [0.717, 1.165) is 0 Å². The molecule has 0 radical (unpaired) electrons. The van der Waals surface area contributed by atoms with Crippen molar-refractivity contribution in [2.45, 2.75) is 25.9 Å². The van der Waals surface area contributed by atoms with Gasteiger partial charge in [-0.05, 0) is 0 Å². The summed E-state index contributed by atoms with van der Waals surface area (Å²) in [6.07, 6.45) is 0.438. The summed E-state index contributed by atoms with van der Waals surface area (Å²) in [4.78, 5) is 11.0. The second-order valence-corrected chi connectivity index (χ2v) is 3.25. The molecule has 0 fully saturated rings. The highest BCUT2D eigenvalue weighted by Crippen LogP contribution is 2.28. The van der Waals surface area contributed by atoms with E-state index in [0.29, 0.717) is 12.0 Å². The molecule has 0 amide bonds. The quantitative estimate of drug-likeness (QED) is 0.708. The molecule has 0 spiro atoms. The Hall–Kier alpha value is -1.82. The molecule has 3 heteroatoms. The highest BCUT2D eigenvalue weighted by Gasteiger charge is 2.33. The molecule has 0 N–H and O–H groups in total. The van der Waals surface area contributed by atoms with E-state index in [-0.39, 0.29) is 0 Å². The molecule has 0 saturated carbocycles. The third-order valence-corrected chi connectivity index (χ3v) is 2.24.